The van der Waals surface area contributed by atoms with Crippen LogP contribution in [-0.2, 0) is 4.74 Å². The molecule has 0 aliphatic carbocycles. The number of carbonyl (C=O) groups excluding carboxylic acids is 1. The zero-order valence-electron chi connectivity index (χ0n) is 10.9. The van der Waals surface area contributed by atoms with Crippen LogP contribution in [0.3, 0.4) is 0 Å². The topological polar surface area (TPSA) is 51.5 Å². The summed E-state index contributed by atoms with van der Waals surface area (Å²) in [5.41, 5.74) is 0.344. The molecule has 20 heavy (non-hydrogen) atoms. The minimum absolute atomic E-state index is 0.115. The Hall–Kier alpha value is -1.82. The summed E-state index contributed by atoms with van der Waals surface area (Å²) >= 11 is 3.28. The molecule has 2 aromatic rings. The third-order valence-electron chi connectivity index (χ3n) is 2.76. The number of hydrogen-bond acceptors (Lipinski definition) is 4. The molecule has 106 valence electrons. The van der Waals surface area contributed by atoms with Crippen molar-refractivity contribution >= 4 is 27.6 Å². The molecule has 0 amide bonds. The van der Waals surface area contributed by atoms with Crippen molar-refractivity contribution in [3.05, 3.63) is 52.1 Å². The lowest BCUT2D eigenvalue weighted by atomic mass is 10.2. The summed E-state index contributed by atoms with van der Waals surface area (Å²) in [7, 11) is 1.28. The first-order valence-electron chi connectivity index (χ1n) is 5.91. The number of methoxy groups -OCH3 is 1. The van der Waals surface area contributed by atoms with E-state index in [1.165, 1.54) is 19.2 Å². The summed E-state index contributed by atoms with van der Waals surface area (Å²) in [6.45, 7) is 1.80. The van der Waals surface area contributed by atoms with Crippen LogP contribution in [0.1, 0.15) is 29.3 Å². The Morgan fingerprint density at radius 2 is 2.15 bits per heavy atom. The molecule has 1 unspecified atom stereocenters. The van der Waals surface area contributed by atoms with Gasteiger partial charge in [0.05, 0.1) is 18.8 Å². The zero-order chi connectivity index (χ0) is 14.7. The molecule has 1 heterocycles. The molecular weight excluding hydrogens is 329 g/mol. The second-order valence-corrected chi connectivity index (χ2v) is 5.01. The van der Waals surface area contributed by atoms with Crippen molar-refractivity contribution in [3.8, 4) is 0 Å². The highest BCUT2D eigenvalue weighted by Crippen LogP contribution is 2.29. The van der Waals surface area contributed by atoms with Crippen LogP contribution in [0.4, 0.5) is 10.1 Å². The largest absolute Gasteiger partial charge is 0.463 e. The Balaban J connectivity index is 2.18. The molecule has 1 aromatic heterocycles. The normalized spacial score (nSPS) is 12.0. The SMILES string of the molecule is COC(=O)c1ccc(C(C)Nc2c(F)cccc2Br)o1. The summed E-state index contributed by atoms with van der Waals surface area (Å²) < 4.78 is 24.3. The van der Waals surface area contributed by atoms with Gasteiger partial charge in [0.2, 0.25) is 5.76 Å². The van der Waals surface area contributed by atoms with E-state index >= 15 is 0 Å². The molecule has 0 spiro atoms. The van der Waals surface area contributed by atoms with Gasteiger partial charge in [-0.05, 0) is 47.1 Å². The molecule has 1 atom stereocenters. The van der Waals surface area contributed by atoms with Crippen molar-refractivity contribution in [3.63, 3.8) is 0 Å². The minimum Gasteiger partial charge on any atom is -0.463 e. The van der Waals surface area contributed by atoms with Crippen molar-refractivity contribution in [1.82, 2.24) is 0 Å². The van der Waals surface area contributed by atoms with Crippen LogP contribution in [-0.4, -0.2) is 13.1 Å². The van der Waals surface area contributed by atoms with Gasteiger partial charge in [0.1, 0.15) is 11.6 Å². The second kappa shape index (κ2) is 6.09. The predicted molar refractivity (Wildman–Crippen MR) is 76.2 cm³/mol. The number of anilines is 1. The van der Waals surface area contributed by atoms with Crippen LogP contribution in [0.5, 0.6) is 0 Å². The fourth-order valence-corrected chi connectivity index (χ4v) is 2.18. The van der Waals surface area contributed by atoms with E-state index in [0.717, 1.165) is 0 Å². The molecule has 4 nitrogen and oxygen atoms in total. The molecule has 1 aromatic carbocycles. The molecular formula is C14H13BrFNO3. The van der Waals surface area contributed by atoms with Crippen molar-refractivity contribution < 1.29 is 18.3 Å². The number of ether oxygens (including phenoxy) is 1. The van der Waals surface area contributed by atoms with Crippen molar-refractivity contribution in [2.45, 2.75) is 13.0 Å². The van der Waals surface area contributed by atoms with Gasteiger partial charge in [0, 0.05) is 4.47 Å². The molecule has 0 radical (unpaired) electrons. The average molecular weight is 342 g/mol. The Labute approximate surface area is 124 Å². The monoisotopic (exact) mass is 341 g/mol. The minimum atomic E-state index is -0.546. The van der Waals surface area contributed by atoms with E-state index in [2.05, 4.69) is 26.0 Å². The maximum Gasteiger partial charge on any atom is 0.373 e. The van der Waals surface area contributed by atoms with Crippen molar-refractivity contribution in [2.75, 3.05) is 12.4 Å². The molecule has 0 bridgehead atoms. The molecule has 0 aliphatic heterocycles. The second-order valence-electron chi connectivity index (χ2n) is 4.16. The van der Waals surface area contributed by atoms with Crippen LogP contribution in [0.15, 0.2) is 39.2 Å². The van der Waals surface area contributed by atoms with Crippen LogP contribution in [0.2, 0.25) is 0 Å². The molecule has 2 rings (SSSR count). The van der Waals surface area contributed by atoms with Gasteiger partial charge in [-0.1, -0.05) is 6.07 Å². The molecule has 0 saturated heterocycles. The van der Waals surface area contributed by atoms with Gasteiger partial charge in [-0.2, -0.15) is 0 Å². The number of esters is 1. The predicted octanol–water partition coefficient (Wildman–Crippen LogP) is 4.14. The number of benzene rings is 1. The summed E-state index contributed by atoms with van der Waals surface area (Å²) in [4.78, 5) is 11.3. The number of hydrogen-bond donors (Lipinski definition) is 1. The van der Waals surface area contributed by atoms with E-state index in [0.29, 0.717) is 15.9 Å². The smallest absolute Gasteiger partial charge is 0.373 e. The standard InChI is InChI=1S/C14H13BrFNO3/c1-8(11-6-7-12(20-11)14(18)19-2)17-13-9(15)4-3-5-10(13)16/h3-8,17H,1-2H3. The van der Waals surface area contributed by atoms with Gasteiger partial charge in [0.25, 0.3) is 0 Å². The third kappa shape index (κ3) is 3.01. The van der Waals surface area contributed by atoms with E-state index in [1.54, 1.807) is 25.1 Å². The first-order chi connectivity index (χ1) is 9.52. The number of nitrogens with one attached hydrogen (secondary N) is 1. The van der Waals surface area contributed by atoms with Crippen LogP contribution >= 0.6 is 15.9 Å². The molecule has 0 aliphatic rings. The Kier molecular flexibility index (Phi) is 4.44. The van der Waals surface area contributed by atoms with Gasteiger partial charge in [0.15, 0.2) is 0 Å². The van der Waals surface area contributed by atoms with E-state index in [1.807, 2.05) is 0 Å². The van der Waals surface area contributed by atoms with Crippen molar-refractivity contribution in [1.29, 1.82) is 0 Å². The fourth-order valence-electron chi connectivity index (χ4n) is 1.72. The number of para-hydroxylation sites is 1. The van der Waals surface area contributed by atoms with E-state index < -0.39 is 5.97 Å². The lowest BCUT2D eigenvalue weighted by Gasteiger charge is -2.15. The quantitative estimate of drug-likeness (QED) is 0.849. The fraction of sp³-hybridized carbons (Fsp3) is 0.214. The number of halogens is 2. The first kappa shape index (κ1) is 14.6. The molecule has 0 fully saturated rings. The lowest BCUT2D eigenvalue weighted by Crippen LogP contribution is -2.08. The van der Waals surface area contributed by atoms with Crippen LogP contribution in [0, 0.1) is 5.82 Å². The highest BCUT2D eigenvalue weighted by atomic mass is 79.9. The van der Waals surface area contributed by atoms with Crippen molar-refractivity contribution in [2.24, 2.45) is 0 Å². The zero-order valence-corrected chi connectivity index (χ0v) is 12.5. The number of furan rings is 1. The summed E-state index contributed by atoms with van der Waals surface area (Å²) in [5.74, 6) is -0.286. The highest BCUT2D eigenvalue weighted by molar-refractivity contribution is 9.10. The third-order valence-corrected chi connectivity index (χ3v) is 3.42. The summed E-state index contributed by atoms with van der Waals surface area (Å²) in [6.07, 6.45) is 0. The maximum atomic E-state index is 13.7. The number of rotatable bonds is 4. The van der Waals surface area contributed by atoms with Gasteiger partial charge >= 0.3 is 5.97 Å². The average Bonchev–Trinajstić information content (AvgIpc) is 2.92. The Bertz CT molecular complexity index is 606. The lowest BCUT2D eigenvalue weighted by molar-refractivity contribution is 0.0562. The molecule has 0 saturated carbocycles. The Morgan fingerprint density at radius 3 is 2.80 bits per heavy atom. The highest BCUT2D eigenvalue weighted by Gasteiger charge is 2.17. The van der Waals surface area contributed by atoms with Gasteiger partial charge < -0.3 is 14.5 Å². The van der Waals surface area contributed by atoms with Gasteiger partial charge in [-0.3, -0.25) is 0 Å². The van der Waals surface area contributed by atoms with E-state index in [9.17, 15) is 9.18 Å². The van der Waals surface area contributed by atoms with Gasteiger partial charge in [-0.15, -0.1) is 0 Å². The van der Waals surface area contributed by atoms with E-state index in [-0.39, 0.29) is 17.6 Å². The van der Waals surface area contributed by atoms with Crippen LogP contribution < -0.4 is 5.32 Å². The molecule has 1 N–H and O–H groups in total. The Morgan fingerprint density at radius 1 is 1.40 bits per heavy atom. The van der Waals surface area contributed by atoms with Crippen LogP contribution in [0.25, 0.3) is 0 Å². The first-order valence-corrected chi connectivity index (χ1v) is 6.71. The molecule has 6 heteroatoms. The maximum absolute atomic E-state index is 13.7. The van der Waals surface area contributed by atoms with Gasteiger partial charge in [-0.25, -0.2) is 9.18 Å². The van der Waals surface area contributed by atoms with E-state index in [4.69, 9.17) is 4.42 Å². The summed E-state index contributed by atoms with van der Waals surface area (Å²) in [5, 5.41) is 3.00. The summed E-state index contributed by atoms with van der Waals surface area (Å²) in [6, 6.07) is 7.58. The number of carbonyl (C=O) groups is 1.